The monoisotopic (exact) mass is 564 g/mol. The van der Waals surface area contributed by atoms with Crippen LogP contribution in [0.3, 0.4) is 0 Å². The number of halogens is 6. The van der Waals surface area contributed by atoms with Crippen LogP contribution in [0.15, 0.2) is 30.3 Å². The molecule has 1 aliphatic heterocycles. The largest absolute Gasteiger partial charge is 0.481 e. The van der Waals surface area contributed by atoms with Gasteiger partial charge in [0, 0.05) is 18.5 Å². The van der Waals surface area contributed by atoms with Crippen LogP contribution in [0.25, 0.3) is 11.3 Å². The maximum Gasteiger partial charge on any atom is 0.417 e. The molecule has 38 heavy (non-hydrogen) atoms. The van der Waals surface area contributed by atoms with Crippen LogP contribution in [-0.2, 0) is 11.0 Å². The second-order valence-electron chi connectivity index (χ2n) is 9.80. The molecule has 4 rings (SSSR count). The van der Waals surface area contributed by atoms with Crippen molar-refractivity contribution >= 4 is 24.3 Å². The molecule has 1 aliphatic carbocycles. The van der Waals surface area contributed by atoms with Crippen LogP contribution >= 0.6 is 12.4 Å². The first-order chi connectivity index (χ1) is 17.4. The summed E-state index contributed by atoms with van der Waals surface area (Å²) in [6.45, 7) is -0.287. The van der Waals surface area contributed by atoms with Crippen molar-refractivity contribution < 1.29 is 36.6 Å². The van der Waals surface area contributed by atoms with Crippen molar-refractivity contribution in [3.8, 4) is 11.3 Å². The van der Waals surface area contributed by atoms with E-state index in [2.05, 4.69) is 10.4 Å². The Hall–Kier alpha value is -2.73. The number of hydrogen-bond donors (Lipinski definition) is 2. The number of carboxylic acids is 1. The summed E-state index contributed by atoms with van der Waals surface area (Å²) in [5.41, 5.74) is -0.962. The number of hydrogen-bond acceptors (Lipinski definition) is 4. The SMILES string of the molecule is Cl.O=C(O)CC(CN1CCCC(F)(F)C1)NC(=O)c1cc(-c2ccccc2C(F)(F)F)n(C2CCCC2)n1. The molecule has 1 aromatic carbocycles. The van der Waals surface area contributed by atoms with Crippen LogP contribution in [0.2, 0.25) is 0 Å². The molecule has 1 atom stereocenters. The number of piperidine rings is 1. The van der Waals surface area contributed by atoms with Gasteiger partial charge >= 0.3 is 12.1 Å². The lowest BCUT2D eigenvalue weighted by Crippen LogP contribution is -2.50. The van der Waals surface area contributed by atoms with E-state index < -0.39 is 48.5 Å². The number of carbonyl (C=O) groups is 2. The summed E-state index contributed by atoms with van der Waals surface area (Å²) >= 11 is 0. The van der Waals surface area contributed by atoms with E-state index in [-0.39, 0.29) is 54.8 Å². The maximum absolute atomic E-state index is 13.8. The summed E-state index contributed by atoms with van der Waals surface area (Å²) in [5, 5.41) is 16.2. The molecule has 2 fully saturated rings. The lowest BCUT2D eigenvalue weighted by Gasteiger charge is -2.34. The number of aromatic nitrogens is 2. The Kier molecular flexibility index (Phi) is 9.40. The number of nitrogens with one attached hydrogen (secondary N) is 1. The highest BCUT2D eigenvalue weighted by atomic mass is 35.5. The topological polar surface area (TPSA) is 87.5 Å². The summed E-state index contributed by atoms with van der Waals surface area (Å²) in [4.78, 5) is 25.9. The van der Waals surface area contributed by atoms with E-state index in [1.807, 2.05) is 0 Å². The molecular weight excluding hydrogens is 535 g/mol. The summed E-state index contributed by atoms with van der Waals surface area (Å²) in [6.07, 6.45) is -1.95. The molecule has 1 saturated carbocycles. The molecule has 7 nitrogen and oxygen atoms in total. The van der Waals surface area contributed by atoms with Gasteiger partial charge in [0.1, 0.15) is 0 Å². The Morgan fingerprint density at radius 2 is 1.84 bits per heavy atom. The predicted molar refractivity (Wildman–Crippen MR) is 132 cm³/mol. The van der Waals surface area contributed by atoms with Gasteiger partial charge in [-0.2, -0.15) is 18.3 Å². The fourth-order valence-corrected chi connectivity index (χ4v) is 5.23. The van der Waals surface area contributed by atoms with E-state index in [9.17, 15) is 36.6 Å². The highest BCUT2D eigenvalue weighted by molar-refractivity contribution is 5.94. The first kappa shape index (κ1) is 29.8. The number of rotatable bonds is 8. The van der Waals surface area contributed by atoms with Crippen molar-refractivity contribution in [1.29, 1.82) is 0 Å². The Morgan fingerprint density at radius 1 is 1.16 bits per heavy atom. The van der Waals surface area contributed by atoms with E-state index in [0.717, 1.165) is 18.9 Å². The molecule has 2 N–H and O–H groups in total. The van der Waals surface area contributed by atoms with Crippen LogP contribution in [0.1, 0.15) is 67.0 Å². The number of aliphatic carboxylic acids is 1. The lowest BCUT2D eigenvalue weighted by atomic mass is 10.0. The minimum atomic E-state index is -4.62. The Bertz CT molecular complexity index is 1130. The quantitative estimate of drug-likeness (QED) is 0.419. The van der Waals surface area contributed by atoms with E-state index in [4.69, 9.17) is 0 Å². The third kappa shape index (κ3) is 7.22. The zero-order chi connectivity index (χ0) is 26.8. The van der Waals surface area contributed by atoms with Gasteiger partial charge in [0.25, 0.3) is 11.8 Å². The number of likely N-dealkylation sites (tertiary alicyclic amines) is 1. The Labute approximate surface area is 222 Å². The minimum absolute atomic E-state index is 0. The fourth-order valence-electron chi connectivity index (χ4n) is 5.23. The van der Waals surface area contributed by atoms with E-state index in [1.54, 1.807) is 0 Å². The van der Waals surface area contributed by atoms with Crippen molar-refractivity contribution in [3.05, 3.63) is 41.6 Å². The number of alkyl halides is 5. The van der Waals surface area contributed by atoms with Gasteiger partial charge in [-0.05, 0) is 37.9 Å². The summed E-state index contributed by atoms with van der Waals surface area (Å²) in [6, 6.07) is 5.19. The number of nitrogens with zero attached hydrogens (tertiary/aromatic N) is 3. The average molecular weight is 565 g/mol. The molecular formula is C25H30ClF5N4O3. The Morgan fingerprint density at radius 3 is 2.47 bits per heavy atom. The molecule has 2 aromatic rings. The molecule has 0 spiro atoms. The molecule has 1 unspecified atom stereocenters. The van der Waals surface area contributed by atoms with Gasteiger partial charge in [-0.15, -0.1) is 12.4 Å². The van der Waals surface area contributed by atoms with Crippen molar-refractivity contribution in [1.82, 2.24) is 20.0 Å². The zero-order valence-corrected chi connectivity index (χ0v) is 21.3. The normalized spacial score (nSPS) is 19.1. The number of benzene rings is 1. The van der Waals surface area contributed by atoms with Crippen LogP contribution in [0, 0.1) is 0 Å². The second kappa shape index (κ2) is 12.0. The van der Waals surface area contributed by atoms with Crippen LogP contribution in [0.5, 0.6) is 0 Å². The summed E-state index contributed by atoms with van der Waals surface area (Å²) in [5.74, 6) is -4.88. The molecule has 1 saturated heterocycles. The average Bonchev–Trinajstić information content (AvgIpc) is 3.47. The van der Waals surface area contributed by atoms with Gasteiger partial charge < -0.3 is 10.4 Å². The third-order valence-electron chi connectivity index (χ3n) is 6.85. The predicted octanol–water partition coefficient (Wildman–Crippen LogP) is 5.41. The van der Waals surface area contributed by atoms with E-state index in [1.165, 1.54) is 33.8 Å². The Balaban J connectivity index is 0.00000400. The molecule has 1 aromatic heterocycles. The second-order valence-corrected chi connectivity index (χ2v) is 9.80. The maximum atomic E-state index is 13.8. The third-order valence-corrected chi connectivity index (χ3v) is 6.85. The fraction of sp³-hybridized carbons (Fsp3) is 0.560. The van der Waals surface area contributed by atoms with Crippen LogP contribution in [0.4, 0.5) is 22.0 Å². The highest BCUT2D eigenvalue weighted by Gasteiger charge is 2.37. The van der Waals surface area contributed by atoms with Crippen LogP contribution in [-0.4, -0.2) is 63.3 Å². The van der Waals surface area contributed by atoms with E-state index >= 15 is 0 Å². The van der Waals surface area contributed by atoms with Crippen molar-refractivity contribution in [2.24, 2.45) is 0 Å². The molecule has 210 valence electrons. The molecule has 2 aliphatic rings. The van der Waals surface area contributed by atoms with Crippen molar-refractivity contribution in [2.75, 3.05) is 19.6 Å². The number of carboxylic acid groups (broad SMARTS) is 1. The van der Waals surface area contributed by atoms with Crippen molar-refractivity contribution in [3.63, 3.8) is 0 Å². The molecule has 1 amide bonds. The highest BCUT2D eigenvalue weighted by Crippen LogP contribution is 2.40. The van der Waals surface area contributed by atoms with E-state index in [0.29, 0.717) is 19.4 Å². The first-order valence-corrected chi connectivity index (χ1v) is 12.3. The van der Waals surface area contributed by atoms with Gasteiger partial charge in [-0.1, -0.05) is 31.0 Å². The lowest BCUT2D eigenvalue weighted by molar-refractivity contribution is -0.138. The number of amides is 1. The zero-order valence-electron chi connectivity index (χ0n) is 20.5. The summed E-state index contributed by atoms with van der Waals surface area (Å²) < 4.78 is 70.4. The van der Waals surface area contributed by atoms with Crippen molar-refractivity contribution in [2.45, 2.75) is 69.1 Å². The number of carbonyl (C=O) groups excluding carboxylic acids is 1. The standard InChI is InChI=1S/C25H29F5N4O3.ClH/c26-24(27)10-5-11-33(15-24)14-16(12-22(35)36)31-23(37)20-13-21(34(32-20)17-6-1-2-7-17)18-8-3-4-9-19(18)25(28,29)30;/h3-4,8-9,13,16-17H,1-2,5-7,10-12,14-15H2,(H,31,37)(H,35,36);1H. The molecule has 2 heterocycles. The minimum Gasteiger partial charge on any atom is -0.481 e. The summed E-state index contributed by atoms with van der Waals surface area (Å²) in [7, 11) is 0. The molecule has 13 heteroatoms. The van der Waals surface area contributed by atoms with Gasteiger partial charge in [0.05, 0.1) is 36.3 Å². The smallest absolute Gasteiger partial charge is 0.417 e. The van der Waals surface area contributed by atoms with Gasteiger partial charge in [0.15, 0.2) is 5.69 Å². The van der Waals surface area contributed by atoms with Crippen LogP contribution < -0.4 is 5.32 Å². The first-order valence-electron chi connectivity index (χ1n) is 12.3. The molecule has 0 radical (unpaired) electrons. The molecule has 0 bridgehead atoms. The van der Waals surface area contributed by atoms with Gasteiger partial charge in [0.2, 0.25) is 0 Å². The van der Waals surface area contributed by atoms with Gasteiger partial charge in [-0.25, -0.2) is 8.78 Å². The van der Waals surface area contributed by atoms with Gasteiger partial charge in [-0.3, -0.25) is 19.2 Å².